The second kappa shape index (κ2) is 12.1. The van der Waals surface area contributed by atoms with Crippen molar-refractivity contribution in [3.05, 3.63) is 72.8 Å². The summed E-state index contributed by atoms with van der Waals surface area (Å²) >= 11 is 0. The number of aromatic nitrogens is 6. The smallest absolute Gasteiger partial charge is 0.421 e. The number of amides is 1. The van der Waals surface area contributed by atoms with Crippen molar-refractivity contribution in [3.63, 3.8) is 0 Å². The standard InChI is InChI=1S/C9H10N4O.C9H9N3O2.C7H7N3.CH4/c1-11-9(14)13-7-5-3-2-4-6(7)12-8(13)10;1-14-9(13)12-7-5-3-2-4-6(7)11-8(12)10;8-7-9-5-3-1-2-4-6(5)10-7;/h2-5H,1H3,(H2,10,12)(H,11,14);2-5H,1H3,(H2,10,11);1-4H,(H3,8,9,10);1H4. The van der Waals surface area contributed by atoms with Crippen LogP contribution in [0.3, 0.4) is 0 Å². The fourth-order valence-corrected chi connectivity index (χ4v) is 3.67. The van der Waals surface area contributed by atoms with Crippen LogP contribution in [0.15, 0.2) is 72.8 Å². The van der Waals surface area contributed by atoms with Gasteiger partial charge >= 0.3 is 12.1 Å². The molecule has 0 fully saturated rings. The van der Waals surface area contributed by atoms with Crippen molar-refractivity contribution in [1.82, 2.24) is 34.4 Å². The van der Waals surface area contributed by atoms with Gasteiger partial charge in [-0.3, -0.25) is 0 Å². The number of H-pyrrole nitrogens is 1. The molecule has 0 aliphatic heterocycles. The molecule has 202 valence electrons. The number of anilines is 3. The number of nitrogen functional groups attached to an aromatic ring is 3. The number of imidazole rings is 3. The minimum absolute atomic E-state index is 0. The third kappa shape index (κ3) is 5.88. The first-order valence-electron chi connectivity index (χ1n) is 11.3. The fraction of sp³-hybridized carbons (Fsp3) is 0.115. The number of nitrogens with zero attached hydrogens (tertiary/aromatic N) is 5. The fourth-order valence-electron chi connectivity index (χ4n) is 3.67. The van der Waals surface area contributed by atoms with Gasteiger partial charge in [0.25, 0.3) is 0 Å². The van der Waals surface area contributed by atoms with E-state index in [9.17, 15) is 9.59 Å². The number of aromatic amines is 1. The number of rotatable bonds is 0. The normalized spacial score (nSPS) is 10.1. The van der Waals surface area contributed by atoms with E-state index in [0.29, 0.717) is 28.0 Å². The molecule has 0 atom stereocenters. The van der Waals surface area contributed by atoms with Crippen LogP contribution in [0.1, 0.15) is 7.43 Å². The highest BCUT2D eigenvalue weighted by molar-refractivity contribution is 5.92. The summed E-state index contributed by atoms with van der Waals surface area (Å²) in [5, 5.41) is 2.50. The summed E-state index contributed by atoms with van der Waals surface area (Å²) in [6.07, 6.45) is -0.531. The molecule has 0 saturated heterocycles. The molecule has 39 heavy (non-hydrogen) atoms. The zero-order valence-corrected chi connectivity index (χ0v) is 20.6. The number of nitrogens with two attached hydrogens (primary N) is 3. The number of methoxy groups -OCH3 is 1. The molecule has 6 rings (SSSR count). The van der Waals surface area contributed by atoms with Crippen molar-refractivity contribution in [2.45, 2.75) is 7.43 Å². The van der Waals surface area contributed by atoms with Crippen molar-refractivity contribution >= 4 is 63.1 Å². The van der Waals surface area contributed by atoms with Crippen LogP contribution in [-0.2, 0) is 4.74 Å². The van der Waals surface area contributed by atoms with Crippen LogP contribution in [0.25, 0.3) is 33.1 Å². The van der Waals surface area contributed by atoms with Crippen molar-refractivity contribution < 1.29 is 14.3 Å². The molecule has 3 aromatic heterocycles. The van der Waals surface area contributed by atoms with E-state index >= 15 is 0 Å². The maximum atomic E-state index is 11.4. The summed E-state index contributed by atoms with van der Waals surface area (Å²) < 4.78 is 7.16. The summed E-state index contributed by atoms with van der Waals surface area (Å²) in [4.78, 5) is 37.8. The number of ether oxygens (including phenoxy) is 1. The molecule has 0 aliphatic carbocycles. The molecule has 6 aromatic rings. The molecule has 0 unspecified atom stereocenters. The average Bonchev–Trinajstić information content (AvgIpc) is 3.58. The van der Waals surface area contributed by atoms with Crippen molar-refractivity contribution in [1.29, 1.82) is 0 Å². The average molecular weight is 531 g/mol. The van der Waals surface area contributed by atoms with E-state index < -0.39 is 6.09 Å². The SMILES string of the molecule is C.CNC(=O)n1c(N)nc2ccccc21.COC(=O)n1c(N)nc2ccccc21.Nc1nc2ccccc2[nH]1. The second-order valence-corrected chi connectivity index (χ2v) is 7.75. The molecule has 13 nitrogen and oxygen atoms in total. The number of nitrogens with one attached hydrogen (secondary N) is 2. The van der Waals surface area contributed by atoms with E-state index in [1.54, 1.807) is 25.2 Å². The van der Waals surface area contributed by atoms with Gasteiger partial charge in [-0.15, -0.1) is 0 Å². The van der Waals surface area contributed by atoms with Crippen molar-refractivity contribution in [2.75, 3.05) is 31.4 Å². The van der Waals surface area contributed by atoms with E-state index in [2.05, 4.69) is 30.0 Å². The summed E-state index contributed by atoms with van der Waals surface area (Å²) in [6, 6.07) is 21.9. The Hall–Kier alpha value is -5.59. The zero-order valence-electron chi connectivity index (χ0n) is 20.6. The molecule has 13 heteroatoms. The van der Waals surface area contributed by atoms with Gasteiger partial charge in [-0.1, -0.05) is 43.8 Å². The highest BCUT2D eigenvalue weighted by Crippen LogP contribution is 2.18. The first-order valence-corrected chi connectivity index (χ1v) is 11.3. The minimum Gasteiger partial charge on any atom is -0.452 e. The summed E-state index contributed by atoms with van der Waals surface area (Å²) in [5.74, 6) is 0.810. The molecule has 0 aliphatic rings. The maximum absolute atomic E-state index is 11.4. The van der Waals surface area contributed by atoms with Crippen LogP contribution in [0.2, 0.25) is 0 Å². The van der Waals surface area contributed by atoms with Crippen LogP contribution in [-0.4, -0.2) is 55.4 Å². The van der Waals surface area contributed by atoms with Crippen LogP contribution >= 0.6 is 0 Å². The van der Waals surface area contributed by atoms with Crippen LogP contribution < -0.4 is 22.5 Å². The van der Waals surface area contributed by atoms with Crippen molar-refractivity contribution in [3.8, 4) is 0 Å². The first kappa shape index (κ1) is 28.0. The van der Waals surface area contributed by atoms with Crippen LogP contribution in [0.5, 0.6) is 0 Å². The lowest BCUT2D eigenvalue weighted by atomic mass is 10.3. The van der Waals surface area contributed by atoms with Gasteiger partial charge in [0.2, 0.25) is 11.9 Å². The number of carbonyl (C=O) groups is 2. The Morgan fingerprint density at radius 2 is 1.26 bits per heavy atom. The Balaban J connectivity index is 0.000000162. The Kier molecular flexibility index (Phi) is 8.68. The third-order valence-electron chi connectivity index (χ3n) is 5.36. The van der Waals surface area contributed by atoms with Gasteiger partial charge in [-0.2, -0.15) is 0 Å². The summed E-state index contributed by atoms with van der Waals surface area (Å²) in [7, 11) is 2.85. The van der Waals surface area contributed by atoms with E-state index in [-0.39, 0.29) is 25.4 Å². The lowest BCUT2D eigenvalue weighted by molar-refractivity contribution is 0.174. The Labute approximate surface area is 223 Å². The topological polar surface area (TPSA) is 198 Å². The molecule has 0 bridgehead atoms. The molecule has 1 amide bonds. The number of hydrogen-bond acceptors (Lipinski definition) is 9. The Morgan fingerprint density at radius 3 is 1.79 bits per heavy atom. The molecule has 0 radical (unpaired) electrons. The largest absolute Gasteiger partial charge is 0.452 e. The summed E-state index contributed by atoms with van der Waals surface area (Å²) in [5.41, 5.74) is 21.3. The lowest BCUT2D eigenvalue weighted by Gasteiger charge is -2.02. The zero-order chi connectivity index (χ0) is 27.2. The molecular weight excluding hydrogens is 500 g/mol. The Morgan fingerprint density at radius 1 is 0.769 bits per heavy atom. The van der Waals surface area contributed by atoms with E-state index in [0.717, 1.165) is 11.0 Å². The van der Waals surface area contributed by atoms with E-state index in [1.165, 1.54) is 16.2 Å². The Bertz CT molecular complexity index is 1610. The van der Waals surface area contributed by atoms with Crippen molar-refractivity contribution in [2.24, 2.45) is 0 Å². The lowest BCUT2D eigenvalue weighted by Crippen LogP contribution is -2.25. The first-order chi connectivity index (χ1) is 18.3. The van der Waals surface area contributed by atoms with Gasteiger partial charge in [0.05, 0.1) is 40.2 Å². The van der Waals surface area contributed by atoms with Gasteiger partial charge in [0, 0.05) is 7.05 Å². The van der Waals surface area contributed by atoms with E-state index in [1.807, 2.05) is 54.6 Å². The summed E-state index contributed by atoms with van der Waals surface area (Å²) in [6.45, 7) is 0. The molecule has 8 N–H and O–H groups in total. The minimum atomic E-state index is -0.531. The number of benzene rings is 3. The van der Waals surface area contributed by atoms with Gasteiger partial charge in [0.1, 0.15) is 0 Å². The number of para-hydroxylation sites is 6. The van der Waals surface area contributed by atoms with Gasteiger partial charge in [-0.25, -0.2) is 33.7 Å². The van der Waals surface area contributed by atoms with Gasteiger partial charge in [-0.05, 0) is 36.4 Å². The highest BCUT2D eigenvalue weighted by atomic mass is 16.5. The van der Waals surface area contributed by atoms with Crippen LogP contribution in [0.4, 0.5) is 27.4 Å². The molecule has 0 spiro atoms. The highest BCUT2D eigenvalue weighted by Gasteiger charge is 2.14. The monoisotopic (exact) mass is 530 g/mol. The van der Waals surface area contributed by atoms with Crippen LogP contribution in [0, 0.1) is 0 Å². The third-order valence-corrected chi connectivity index (χ3v) is 5.36. The molecule has 3 heterocycles. The quantitative estimate of drug-likeness (QED) is 0.194. The van der Waals surface area contributed by atoms with Gasteiger partial charge < -0.3 is 32.2 Å². The predicted octanol–water partition coefficient (Wildman–Crippen LogP) is 3.82. The number of hydrogen-bond donors (Lipinski definition) is 5. The second-order valence-electron chi connectivity index (χ2n) is 7.75. The molecule has 3 aromatic carbocycles. The molecule has 0 saturated carbocycles. The van der Waals surface area contributed by atoms with Gasteiger partial charge in [0.15, 0.2) is 5.95 Å². The maximum Gasteiger partial charge on any atom is 0.421 e. The molecular formula is C26H30N10O3. The van der Waals surface area contributed by atoms with E-state index in [4.69, 9.17) is 17.2 Å². The number of fused-ring (bicyclic) bond motifs is 3. The number of carbonyl (C=O) groups excluding carboxylic acids is 2. The predicted molar refractivity (Wildman–Crippen MR) is 153 cm³/mol.